The van der Waals surface area contributed by atoms with Crippen LogP contribution in [0, 0.1) is 0 Å². The summed E-state index contributed by atoms with van der Waals surface area (Å²) < 4.78 is 11.1. The van der Waals surface area contributed by atoms with Gasteiger partial charge in [-0.2, -0.15) is 0 Å². The molecular formula is C20H23ClN2O3S. The molecule has 4 rings (SSSR count). The summed E-state index contributed by atoms with van der Waals surface area (Å²) >= 11 is 1.66. The van der Waals surface area contributed by atoms with Crippen LogP contribution in [0.3, 0.4) is 0 Å². The summed E-state index contributed by atoms with van der Waals surface area (Å²) in [5.41, 5.74) is 8.94. The van der Waals surface area contributed by atoms with Crippen molar-refractivity contribution in [3.8, 4) is 11.5 Å². The number of hydrogen-bond donors (Lipinski definition) is 1. The molecule has 0 aliphatic carbocycles. The molecule has 0 bridgehead atoms. The maximum absolute atomic E-state index is 12.7. The average Bonchev–Trinajstić information content (AvgIpc) is 2.68. The third-order valence-corrected chi connectivity index (χ3v) is 5.68. The monoisotopic (exact) mass is 406 g/mol. The number of nitrogens with zero attached hydrogens (tertiary/aromatic N) is 1. The van der Waals surface area contributed by atoms with E-state index >= 15 is 0 Å². The molecule has 2 aliphatic rings. The highest BCUT2D eigenvalue weighted by Crippen LogP contribution is 2.35. The number of nitrogens with two attached hydrogens (primary N) is 1. The van der Waals surface area contributed by atoms with E-state index in [0.29, 0.717) is 19.6 Å². The Morgan fingerprint density at radius 3 is 2.81 bits per heavy atom. The van der Waals surface area contributed by atoms with E-state index in [9.17, 15) is 4.79 Å². The minimum atomic E-state index is 0. The zero-order chi connectivity index (χ0) is 17.9. The highest BCUT2D eigenvalue weighted by molar-refractivity contribution is 7.99. The second-order valence-corrected chi connectivity index (χ2v) is 7.57. The van der Waals surface area contributed by atoms with Crippen molar-refractivity contribution in [1.82, 2.24) is 0 Å². The van der Waals surface area contributed by atoms with Gasteiger partial charge in [0, 0.05) is 35.0 Å². The number of halogens is 1. The lowest BCUT2D eigenvalue weighted by Crippen LogP contribution is -2.35. The molecule has 27 heavy (non-hydrogen) atoms. The van der Waals surface area contributed by atoms with Crippen molar-refractivity contribution in [2.45, 2.75) is 24.2 Å². The smallest absolute Gasteiger partial charge is 0.227 e. The van der Waals surface area contributed by atoms with Crippen LogP contribution < -0.4 is 20.1 Å². The second kappa shape index (κ2) is 8.76. The van der Waals surface area contributed by atoms with Crippen LogP contribution >= 0.6 is 24.2 Å². The van der Waals surface area contributed by atoms with Gasteiger partial charge in [-0.15, -0.1) is 24.2 Å². The van der Waals surface area contributed by atoms with Gasteiger partial charge >= 0.3 is 0 Å². The number of rotatable bonds is 4. The van der Waals surface area contributed by atoms with Gasteiger partial charge in [-0.25, -0.2) is 0 Å². The molecule has 2 N–H and O–H groups in total. The van der Waals surface area contributed by atoms with E-state index in [-0.39, 0.29) is 18.3 Å². The minimum Gasteiger partial charge on any atom is -0.486 e. The van der Waals surface area contributed by atoms with Gasteiger partial charge in [-0.3, -0.25) is 4.79 Å². The number of fused-ring (bicyclic) bond motifs is 2. The van der Waals surface area contributed by atoms with Crippen molar-refractivity contribution >= 4 is 41.5 Å². The van der Waals surface area contributed by atoms with Crippen molar-refractivity contribution in [3.63, 3.8) is 0 Å². The largest absolute Gasteiger partial charge is 0.486 e. The van der Waals surface area contributed by atoms with E-state index in [2.05, 4.69) is 0 Å². The van der Waals surface area contributed by atoms with Crippen molar-refractivity contribution < 1.29 is 14.3 Å². The normalized spacial score (nSPS) is 14.9. The summed E-state index contributed by atoms with van der Waals surface area (Å²) in [5.74, 6) is 2.46. The Kier molecular flexibility index (Phi) is 6.39. The number of benzene rings is 2. The molecule has 0 fully saturated rings. The van der Waals surface area contributed by atoms with Gasteiger partial charge in [-0.05, 0) is 48.7 Å². The van der Waals surface area contributed by atoms with E-state index in [1.54, 1.807) is 11.8 Å². The van der Waals surface area contributed by atoms with Gasteiger partial charge in [0.05, 0.1) is 0 Å². The summed E-state index contributed by atoms with van der Waals surface area (Å²) in [6.07, 6.45) is 2.40. The first kappa shape index (κ1) is 19.7. The van der Waals surface area contributed by atoms with E-state index in [1.165, 1.54) is 0 Å². The number of carbonyl (C=O) groups is 1. The van der Waals surface area contributed by atoms with Gasteiger partial charge in [0.1, 0.15) is 13.2 Å². The first-order chi connectivity index (χ1) is 12.7. The average molecular weight is 407 g/mol. The zero-order valence-electron chi connectivity index (χ0n) is 15.0. The van der Waals surface area contributed by atoms with Crippen LogP contribution in [0.15, 0.2) is 41.3 Å². The van der Waals surface area contributed by atoms with Crippen molar-refractivity contribution in [3.05, 3.63) is 42.0 Å². The van der Waals surface area contributed by atoms with Gasteiger partial charge in [0.2, 0.25) is 5.91 Å². The number of hydrogen-bond acceptors (Lipinski definition) is 5. The summed E-state index contributed by atoms with van der Waals surface area (Å²) in [4.78, 5) is 15.7. The lowest BCUT2D eigenvalue weighted by molar-refractivity contribution is -0.118. The lowest BCUT2D eigenvalue weighted by atomic mass is 9.99. The Labute approximate surface area is 169 Å². The lowest BCUT2D eigenvalue weighted by Gasteiger charge is -2.30. The molecule has 2 heterocycles. The number of ether oxygens (including phenoxy) is 2. The highest BCUT2D eigenvalue weighted by atomic mass is 35.5. The highest BCUT2D eigenvalue weighted by Gasteiger charge is 2.23. The van der Waals surface area contributed by atoms with Crippen LogP contribution in [-0.4, -0.2) is 31.4 Å². The molecule has 0 aromatic heterocycles. The molecule has 2 aromatic carbocycles. The van der Waals surface area contributed by atoms with Crippen molar-refractivity contribution in [1.29, 1.82) is 0 Å². The van der Waals surface area contributed by atoms with Crippen LogP contribution in [0.1, 0.15) is 18.4 Å². The number of anilines is 2. The third kappa shape index (κ3) is 4.28. The Bertz CT molecular complexity index is 831. The van der Waals surface area contributed by atoms with Gasteiger partial charge in [0.25, 0.3) is 0 Å². The quantitative estimate of drug-likeness (QED) is 0.615. The third-order valence-electron chi connectivity index (χ3n) is 4.69. The number of carbonyl (C=O) groups excluding carboxylic acids is 1. The van der Waals surface area contributed by atoms with Gasteiger partial charge in [0.15, 0.2) is 11.5 Å². The molecule has 144 valence electrons. The maximum atomic E-state index is 12.7. The summed E-state index contributed by atoms with van der Waals surface area (Å²) in [6, 6.07) is 11.8. The van der Waals surface area contributed by atoms with E-state index in [4.69, 9.17) is 15.2 Å². The molecule has 0 atom stereocenters. The summed E-state index contributed by atoms with van der Waals surface area (Å²) in [7, 11) is 0. The fourth-order valence-electron chi connectivity index (χ4n) is 3.42. The van der Waals surface area contributed by atoms with Crippen LogP contribution in [-0.2, 0) is 11.2 Å². The molecule has 0 saturated heterocycles. The summed E-state index contributed by atoms with van der Waals surface area (Å²) in [6.45, 7) is 1.94. The zero-order valence-corrected chi connectivity index (χ0v) is 16.6. The minimum absolute atomic E-state index is 0. The van der Waals surface area contributed by atoms with Crippen LogP contribution in [0.4, 0.5) is 11.4 Å². The Morgan fingerprint density at radius 1 is 1.15 bits per heavy atom. The maximum Gasteiger partial charge on any atom is 0.227 e. The van der Waals surface area contributed by atoms with Crippen molar-refractivity contribution in [2.24, 2.45) is 0 Å². The molecule has 0 spiro atoms. The fraction of sp³-hybridized carbons (Fsp3) is 0.350. The molecular weight excluding hydrogens is 384 g/mol. The fourth-order valence-corrected chi connectivity index (χ4v) is 4.28. The Balaban J connectivity index is 0.00000210. The first-order valence-corrected chi connectivity index (χ1v) is 9.91. The molecule has 0 radical (unpaired) electrons. The molecule has 2 aromatic rings. The standard InChI is InChI=1S/C20H22N2O3S.ClH/c21-16-4-1-5-17-15(16)3-2-9-22(17)20(23)8-12-26-14-6-7-18-19(13-14)25-11-10-24-18;/h1,4-7,13H,2-3,8-12,21H2;1H. The second-order valence-electron chi connectivity index (χ2n) is 6.40. The number of amides is 1. The number of thioether (sulfide) groups is 1. The van der Waals surface area contributed by atoms with E-state index in [0.717, 1.165) is 58.5 Å². The summed E-state index contributed by atoms with van der Waals surface area (Å²) in [5, 5.41) is 0. The van der Waals surface area contributed by atoms with Crippen LogP contribution in [0.2, 0.25) is 0 Å². The predicted octanol–water partition coefficient (Wildman–Crippen LogP) is 3.92. The molecule has 0 saturated carbocycles. The predicted molar refractivity (Wildman–Crippen MR) is 112 cm³/mol. The van der Waals surface area contributed by atoms with Crippen LogP contribution in [0.25, 0.3) is 0 Å². The molecule has 7 heteroatoms. The topological polar surface area (TPSA) is 64.8 Å². The van der Waals surface area contributed by atoms with E-state index < -0.39 is 0 Å². The van der Waals surface area contributed by atoms with E-state index in [1.807, 2.05) is 41.3 Å². The Hall–Kier alpha value is -2.05. The van der Waals surface area contributed by atoms with Gasteiger partial charge < -0.3 is 20.1 Å². The molecule has 5 nitrogen and oxygen atoms in total. The molecule has 0 unspecified atom stereocenters. The molecule has 2 aliphatic heterocycles. The van der Waals surface area contributed by atoms with Crippen molar-refractivity contribution in [2.75, 3.05) is 36.1 Å². The first-order valence-electron chi connectivity index (χ1n) is 8.92. The Morgan fingerprint density at radius 2 is 1.96 bits per heavy atom. The van der Waals surface area contributed by atoms with Crippen LogP contribution in [0.5, 0.6) is 11.5 Å². The molecule has 1 amide bonds. The van der Waals surface area contributed by atoms with Gasteiger partial charge in [-0.1, -0.05) is 6.07 Å². The SMILES string of the molecule is Cl.Nc1cccc2c1CCCN2C(=O)CCSc1ccc2c(c1)OCCO2. The number of nitrogen functional groups attached to an aromatic ring is 1.